The third-order valence-corrected chi connectivity index (χ3v) is 4.95. The smallest absolute Gasteiger partial charge is 0.242 e. The first-order valence-electron chi connectivity index (χ1n) is 8.90. The van der Waals surface area contributed by atoms with Crippen molar-refractivity contribution in [3.05, 3.63) is 11.9 Å². The minimum Gasteiger partial charge on any atom is -0.396 e. The Kier molecular flexibility index (Phi) is 5.50. The van der Waals surface area contributed by atoms with E-state index >= 15 is 0 Å². The van der Waals surface area contributed by atoms with E-state index in [-0.39, 0.29) is 12.5 Å². The molecule has 7 nitrogen and oxygen atoms in total. The SMILES string of the molecule is CN1CC(=O)N(C2CCCCC2)Cc2c(NCCCO)ncnc21. The zero-order chi connectivity index (χ0) is 16.9. The van der Waals surface area contributed by atoms with Crippen LogP contribution in [-0.4, -0.2) is 58.7 Å². The molecule has 0 unspecified atom stereocenters. The zero-order valence-electron chi connectivity index (χ0n) is 14.4. The quantitative estimate of drug-likeness (QED) is 0.793. The Morgan fingerprint density at radius 2 is 2.04 bits per heavy atom. The molecule has 132 valence electrons. The number of rotatable bonds is 5. The second-order valence-electron chi connectivity index (χ2n) is 6.70. The van der Waals surface area contributed by atoms with Gasteiger partial charge < -0.3 is 20.2 Å². The van der Waals surface area contributed by atoms with Gasteiger partial charge in [0.05, 0.1) is 18.7 Å². The Hall–Kier alpha value is -1.89. The van der Waals surface area contributed by atoms with E-state index in [4.69, 9.17) is 5.11 Å². The fraction of sp³-hybridized carbons (Fsp3) is 0.706. The summed E-state index contributed by atoms with van der Waals surface area (Å²) >= 11 is 0. The first-order valence-corrected chi connectivity index (χ1v) is 8.90. The summed E-state index contributed by atoms with van der Waals surface area (Å²) in [7, 11) is 1.91. The number of anilines is 2. The van der Waals surface area contributed by atoms with Crippen molar-refractivity contribution < 1.29 is 9.90 Å². The van der Waals surface area contributed by atoms with Gasteiger partial charge in [0.15, 0.2) is 0 Å². The molecule has 1 aromatic rings. The maximum absolute atomic E-state index is 12.7. The molecule has 0 aromatic carbocycles. The van der Waals surface area contributed by atoms with Crippen molar-refractivity contribution in [1.82, 2.24) is 14.9 Å². The molecular weight excluding hydrogens is 306 g/mol. The molecule has 1 aliphatic heterocycles. The fourth-order valence-electron chi connectivity index (χ4n) is 3.67. The first-order chi connectivity index (χ1) is 11.7. The number of amides is 1. The highest BCUT2D eigenvalue weighted by molar-refractivity contribution is 5.83. The molecule has 0 atom stereocenters. The minimum atomic E-state index is 0.146. The molecule has 1 aromatic heterocycles. The van der Waals surface area contributed by atoms with Gasteiger partial charge in [0.25, 0.3) is 0 Å². The number of fused-ring (bicyclic) bond motifs is 1. The van der Waals surface area contributed by atoms with E-state index in [0.717, 1.165) is 30.0 Å². The molecule has 0 spiro atoms. The van der Waals surface area contributed by atoms with Gasteiger partial charge in [-0.1, -0.05) is 19.3 Å². The molecule has 3 rings (SSSR count). The highest BCUT2D eigenvalue weighted by Crippen LogP contribution is 2.31. The molecule has 1 amide bonds. The average molecular weight is 333 g/mol. The number of likely N-dealkylation sites (N-methyl/N-ethyl adjacent to an activating group) is 1. The first kappa shape index (κ1) is 17.0. The minimum absolute atomic E-state index is 0.146. The number of carbonyl (C=O) groups is 1. The lowest BCUT2D eigenvalue weighted by Crippen LogP contribution is -2.43. The van der Waals surface area contributed by atoms with Gasteiger partial charge in [-0.2, -0.15) is 0 Å². The lowest BCUT2D eigenvalue weighted by atomic mass is 9.94. The van der Waals surface area contributed by atoms with Crippen LogP contribution >= 0.6 is 0 Å². The van der Waals surface area contributed by atoms with Crippen molar-refractivity contribution in [2.45, 2.75) is 51.1 Å². The number of nitrogens with one attached hydrogen (secondary N) is 1. The summed E-state index contributed by atoms with van der Waals surface area (Å²) in [5, 5.41) is 12.3. The maximum atomic E-state index is 12.7. The second-order valence-corrected chi connectivity index (χ2v) is 6.70. The van der Waals surface area contributed by atoms with Crippen molar-refractivity contribution >= 4 is 17.5 Å². The van der Waals surface area contributed by atoms with Crippen molar-refractivity contribution in [3.63, 3.8) is 0 Å². The van der Waals surface area contributed by atoms with Crippen LogP contribution in [0.15, 0.2) is 6.33 Å². The van der Waals surface area contributed by atoms with Crippen LogP contribution in [0.1, 0.15) is 44.1 Å². The zero-order valence-corrected chi connectivity index (χ0v) is 14.4. The van der Waals surface area contributed by atoms with Crippen LogP contribution in [0, 0.1) is 0 Å². The second kappa shape index (κ2) is 7.79. The number of carbonyl (C=O) groups excluding carboxylic acids is 1. The molecular formula is C17H27N5O2. The largest absolute Gasteiger partial charge is 0.396 e. The molecule has 1 aliphatic carbocycles. The van der Waals surface area contributed by atoms with Gasteiger partial charge in [0.1, 0.15) is 18.0 Å². The molecule has 2 N–H and O–H groups in total. The van der Waals surface area contributed by atoms with Gasteiger partial charge >= 0.3 is 0 Å². The number of hydrogen-bond acceptors (Lipinski definition) is 6. The lowest BCUT2D eigenvalue weighted by molar-refractivity contribution is -0.133. The van der Waals surface area contributed by atoms with Crippen LogP contribution in [0.2, 0.25) is 0 Å². The van der Waals surface area contributed by atoms with Crippen LogP contribution in [0.3, 0.4) is 0 Å². The molecule has 24 heavy (non-hydrogen) atoms. The van der Waals surface area contributed by atoms with Crippen LogP contribution in [0.25, 0.3) is 0 Å². The summed E-state index contributed by atoms with van der Waals surface area (Å²) in [4.78, 5) is 25.5. The summed E-state index contributed by atoms with van der Waals surface area (Å²) in [5.41, 5.74) is 0.981. The molecule has 1 saturated carbocycles. The van der Waals surface area contributed by atoms with E-state index in [1.165, 1.54) is 25.6 Å². The number of hydrogen-bond donors (Lipinski definition) is 2. The summed E-state index contributed by atoms with van der Waals surface area (Å²) in [6, 6.07) is 0.330. The van der Waals surface area contributed by atoms with Crippen molar-refractivity contribution in [2.75, 3.05) is 37.0 Å². The summed E-state index contributed by atoms with van der Waals surface area (Å²) < 4.78 is 0. The van der Waals surface area contributed by atoms with E-state index in [2.05, 4.69) is 15.3 Å². The topological polar surface area (TPSA) is 81.6 Å². The molecule has 0 bridgehead atoms. The predicted octanol–water partition coefficient (Wildman–Crippen LogP) is 1.38. The molecule has 0 saturated heterocycles. The molecule has 2 aliphatic rings. The molecule has 7 heteroatoms. The predicted molar refractivity (Wildman–Crippen MR) is 92.9 cm³/mol. The Morgan fingerprint density at radius 3 is 2.79 bits per heavy atom. The van der Waals surface area contributed by atoms with Gasteiger partial charge in [-0.15, -0.1) is 0 Å². The van der Waals surface area contributed by atoms with Crippen molar-refractivity contribution in [2.24, 2.45) is 0 Å². The summed E-state index contributed by atoms with van der Waals surface area (Å²) in [5.74, 6) is 1.77. The van der Waals surface area contributed by atoms with E-state index in [0.29, 0.717) is 32.1 Å². The molecule has 1 fully saturated rings. The highest BCUT2D eigenvalue weighted by atomic mass is 16.3. The van der Waals surface area contributed by atoms with Crippen LogP contribution < -0.4 is 10.2 Å². The van der Waals surface area contributed by atoms with Gasteiger partial charge in [-0.3, -0.25) is 4.79 Å². The highest BCUT2D eigenvalue weighted by Gasteiger charge is 2.32. The van der Waals surface area contributed by atoms with E-state index in [1.54, 1.807) is 0 Å². The van der Waals surface area contributed by atoms with Gasteiger partial charge in [-0.25, -0.2) is 9.97 Å². The Bertz CT molecular complexity index is 574. The third-order valence-electron chi connectivity index (χ3n) is 4.95. The van der Waals surface area contributed by atoms with Crippen LogP contribution in [-0.2, 0) is 11.3 Å². The monoisotopic (exact) mass is 333 g/mol. The Morgan fingerprint density at radius 1 is 1.25 bits per heavy atom. The molecule has 0 radical (unpaired) electrons. The van der Waals surface area contributed by atoms with Gasteiger partial charge in [0.2, 0.25) is 5.91 Å². The third kappa shape index (κ3) is 3.61. The number of aromatic nitrogens is 2. The average Bonchev–Trinajstić information content (AvgIpc) is 2.73. The molecule has 2 heterocycles. The Labute approximate surface area is 143 Å². The number of aliphatic hydroxyl groups excluding tert-OH is 1. The van der Waals surface area contributed by atoms with Crippen LogP contribution in [0.4, 0.5) is 11.6 Å². The van der Waals surface area contributed by atoms with Crippen molar-refractivity contribution in [1.29, 1.82) is 0 Å². The van der Waals surface area contributed by atoms with Gasteiger partial charge in [0, 0.05) is 26.2 Å². The van der Waals surface area contributed by atoms with Crippen molar-refractivity contribution in [3.8, 4) is 0 Å². The van der Waals surface area contributed by atoms with Gasteiger partial charge in [-0.05, 0) is 19.3 Å². The number of nitrogens with zero attached hydrogens (tertiary/aromatic N) is 4. The lowest BCUT2D eigenvalue weighted by Gasteiger charge is -2.33. The fourth-order valence-corrected chi connectivity index (χ4v) is 3.67. The summed E-state index contributed by atoms with van der Waals surface area (Å²) in [6.07, 6.45) is 8.05. The van der Waals surface area contributed by atoms with E-state index < -0.39 is 0 Å². The van der Waals surface area contributed by atoms with E-state index in [1.807, 2.05) is 16.8 Å². The van der Waals surface area contributed by atoms with Crippen LogP contribution in [0.5, 0.6) is 0 Å². The Balaban J connectivity index is 1.87. The standard InChI is InChI=1S/C17H27N5O2/c1-21-11-15(24)22(13-6-3-2-4-7-13)10-14-16(18-8-5-9-23)19-12-20-17(14)21/h12-13,23H,2-11H2,1H3,(H,18,19,20). The maximum Gasteiger partial charge on any atom is 0.242 e. The number of aliphatic hydroxyl groups is 1. The normalized spacial score (nSPS) is 19.2. The summed E-state index contributed by atoms with van der Waals surface area (Å²) in [6.45, 7) is 1.72. The van der Waals surface area contributed by atoms with E-state index in [9.17, 15) is 4.79 Å².